The van der Waals surface area contributed by atoms with E-state index in [-0.39, 0.29) is 24.0 Å². The molecule has 1 aliphatic heterocycles. The molecule has 0 aliphatic carbocycles. The van der Waals surface area contributed by atoms with Gasteiger partial charge in [-0.05, 0) is 38.6 Å². The molecule has 2 nitrogen and oxygen atoms in total. The highest BCUT2D eigenvalue weighted by atomic mass is 127. The number of piperidine rings is 1. The number of likely N-dealkylation sites (tertiary alicyclic amines) is 1. The Balaban J connectivity index is 0.00000108. The zero-order valence-corrected chi connectivity index (χ0v) is 12.4. The summed E-state index contributed by atoms with van der Waals surface area (Å²) in [7, 11) is 2.19. The number of likely N-dealkylation sites (N-methyl/N-ethyl adjacent to an activating group) is 1. The van der Waals surface area contributed by atoms with Gasteiger partial charge in [0.25, 0.3) is 0 Å². The summed E-state index contributed by atoms with van der Waals surface area (Å²) in [5.74, 6) is 1.74. The van der Waals surface area contributed by atoms with E-state index < -0.39 is 0 Å². The molecular formula is C14H18INO. The Morgan fingerprint density at radius 3 is 2.88 bits per heavy atom. The summed E-state index contributed by atoms with van der Waals surface area (Å²) in [5.41, 5.74) is 1.02. The smallest absolute Gasteiger partial charge is 0.134 e. The summed E-state index contributed by atoms with van der Waals surface area (Å²) in [6, 6.07) is 10.5. The van der Waals surface area contributed by atoms with Gasteiger partial charge in [0.05, 0.1) is 0 Å². The number of hydrogen-bond donors (Lipinski definition) is 0. The number of nitrogens with zero attached hydrogens (tertiary/aromatic N) is 1. The fourth-order valence-electron chi connectivity index (χ4n) is 2.60. The van der Waals surface area contributed by atoms with Crippen LogP contribution in [-0.2, 0) is 0 Å². The first-order valence-electron chi connectivity index (χ1n) is 6.00. The molecule has 0 amide bonds. The molecule has 0 saturated carbocycles. The van der Waals surface area contributed by atoms with Crippen molar-refractivity contribution in [1.82, 2.24) is 4.90 Å². The standard InChI is InChI=1S/C14H17NO.HI/c1-15-8-4-6-12(10-15)14-9-11-5-2-3-7-13(11)16-14;/h2-3,5,7,9,12H,4,6,8,10H2,1H3;1H. The van der Waals surface area contributed by atoms with Gasteiger partial charge in [-0.15, -0.1) is 24.0 Å². The maximum atomic E-state index is 5.93. The molecule has 0 bridgehead atoms. The average molecular weight is 343 g/mol. The van der Waals surface area contributed by atoms with Crippen molar-refractivity contribution in [3.8, 4) is 0 Å². The van der Waals surface area contributed by atoms with E-state index in [2.05, 4.69) is 30.1 Å². The Morgan fingerprint density at radius 2 is 2.12 bits per heavy atom. The van der Waals surface area contributed by atoms with Crippen molar-refractivity contribution in [2.45, 2.75) is 18.8 Å². The Hall–Kier alpha value is -0.550. The summed E-state index contributed by atoms with van der Waals surface area (Å²) in [4.78, 5) is 2.39. The molecule has 1 aliphatic rings. The predicted molar refractivity (Wildman–Crippen MR) is 81.1 cm³/mol. The molecule has 17 heavy (non-hydrogen) atoms. The number of benzene rings is 1. The van der Waals surface area contributed by atoms with Gasteiger partial charge < -0.3 is 9.32 Å². The lowest BCUT2D eigenvalue weighted by Gasteiger charge is -2.28. The van der Waals surface area contributed by atoms with Crippen LogP contribution in [-0.4, -0.2) is 25.0 Å². The van der Waals surface area contributed by atoms with Gasteiger partial charge in [0, 0.05) is 17.8 Å². The number of rotatable bonds is 1. The van der Waals surface area contributed by atoms with Gasteiger partial charge in [-0.3, -0.25) is 0 Å². The average Bonchev–Trinajstić information content (AvgIpc) is 2.72. The molecule has 0 radical (unpaired) electrons. The van der Waals surface area contributed by atoms with Crippen LogP contribution in [0.25, 0.3) is 11.0 Å². The molecule has 2 heterocycles. The number of halogens is 1. The highest BCUT2D eigenvalue weighted by Gasteiger charge is 2.21. The number of fused-ring (bicyclic) bond motifs is 1. The Morgan fingerprint density at radius 1 is 1.29 bits per heavy atom. The number of para-hydroxylation sites is 1. The van der Waals surface area contributed by atoms with Crippen molar-refractivity contribution in [3.63, 3.8) is 0 Å². The monoisotopic (exact) mass is 343 g/mol. The van der Waals surface area contributed by atoms with Crippen LogP contribution in [0.15, 0.2) is 34.7 Å². The van der Waals surface area contributed by atoms with E-state index in [0.717, 1.165) is 17.9 Å². The third-order valence-electron chi connectivity index (χ3n) is 3.47. The summed E-state index contributed by atoms with van der Waals surface area (Å²) in [5, 5.41) is 1.23. The molecule has 1 aromatic carbocycles. The summed E-state index contributed by atoms with van der Waals surface area (Å²) < 4.78 is 5.93. The topological polar surface area (TPSA) is 16.4 Å². The van der Waals surface area contributed by atoms with Crippen molar-refractivity contribution in [2.24, 2.45) is 0 Å². The second-order valence-electron chi connectivity index (χ2n) is 4.79. The predicted octanol–water partition coefficient (Wildman–Crippen LogP) is 3.86. The molecule has 92 valence electrons. The molecule has 1 saturated heterocycles. The lowest BCUT2D eigenvalue weighted by atomic mass is 9.96. The van der Waals surface area contributed by atoms with Crippen LogP contribution in [0.1, 0.15) is 24.5 Å². The second kappa shape index (κ2) is 5.40. The van der Waals surface area contributed by atoms with Crippen molar-refractivity contribution in [3.05, 3.63) is 36.1 Å². The molecule has 0 N–H and O–H groups in total. The van der Waals surface area contributed by atoms with E-state index in [1.165, 1.54) is 24.8 Å². The second-order valence-corrected chi connectivity index (χ2v) is 4.79. The van der Waals surface area contributed by atoms with Gasteiger partial charge in [-0.1, -0.05) is 18.2 Å². The summed E-state index contributed by atoms with van der Waals surface area (Å²) >= 11 is 0. The largest absolute Gasteiger partial charge is 0.461 e. The zero-order valence-electron chi connectivity index (χ0n) is 10.1. The Kier molecular flexibility index (Phi) is 4.09. The van der Waals surface area contributed by atoms with E-state index >= 15 is 0 Å². The van der Waals surface area contributed by atoms with Gasteiger partial charge in [0.2, 0.25) is 0 Å². The van der Waals surface area contributed by atoms with Crippen LogP contribution < -0.4 is 0 Å². The highest BCUT2D eigenvalue weighted by molar-refractivity contribution is 14.0. The molecule has 2 aromatic rings. The minimum atomic E-state index is 0. The van der Waals surface area contributed by atoms with Gasteiger partial charge in [0.1, 0.15) is 11.3 Å². The van der Waals surface area contributed by atoms with Crippen LogP contribution in [0.3, 0.4) is 0 Å². The van der Waals surface area contributed by atoms with Crippen LogP contribution in [0.2, 0.25) is 0 Å². The maximum absolute atomic E-state index is 5.93. The van der Waals surface area contributed by atoms with E-state index in [1.54, 1.807) is 0 Å². The molecule has 1 aromatic heterocycles. The third-order valence-corrected chi connectivity index (χ3v) is 3.47. The fourth-order valence-corrected chi connectivity index (χ4v) is 2.60. The normalized spacial score (nSPS) is 21.4. The highest BCUT2D eigenvalue weighted by Crippen LogP contribution is 2.30. The number of furan rings is 1. The van der Waals surface area contributed by atoms with Crippen LogP contribution in [0.4, 0.5) is 0 Å². The van der Waals surface area contributed by atoms with Crippen LogP contribution in [0.5, 0.6) is 0 Å². The van der Waals surface area contributed by atoms with Gasteiger partial charge >= 0.3 is 0 Å². The summed E-state index contributed by atoms with van der Waals surface area (Å²) in [6.45, 7) is 2.34. The van der Waals surface area contributed by atoms with Crippen molar-refractivity contribution in [2.75, 3.05) is 20.1 Å². The first-order chi connectivity index (χ1) is 7.83. The zero-order chi connectivity index (χ0) is 11.0. The van der Waals surface area contributed by atoms with Crippen molar-refractivity contribution >= 4 is 34.9 Å². The van der Waals surface area contributed by atoms with E-state index in [1.807, 2.05) is 12.1 Å². The first kappa shape index (κ1) is 12.9. The lowest BCUT2D eigenvalue weighted by Crippen LogP contribution is -2.30. The molecule has 3 heteroatoms. The molecule has 1 fully saturated rings. The van der Waals surface area contributed by atoms with Gasteiger partial charge in [-0.2, -0.15) is 0 Å². The summed E-state index contributed by atoms with van der Waals surface area (Å²) in [6.07, 6.45) is 2.53. The van der Waals surface area contributed by atoms with E-state index in [4.69, 9.17) is 4.42 Å². The SMILES string of the molecule is CN1CCCC(c2cc3ccccc3o2)C1.I. The van der Waals surface area contributed by atoms with Gasteiger partial charge in [0.15, 0.2) is 0 Å². The van der Waals surface area contributed by atoms with Crippen molar-refractivity contribution < 1.29 is 4.42 Å². The van der Waals surface area contributed by atoms with Crippen molar-refractivity contribution in [1.29, 1.82) is 0 Å². The van der Waals surface area contributed by atoms with Crippen LogP contribution in [0, 0.1) is 0 Å². The van der Waals surface area contributed by atoms with Gasteiger partial charge in [-0.25, -0.2) is 0 Å². The minimum Gasteiger partial charge on any atom is -0.461 e. The lowest BCUT2D eigenvalue weighted by molar-refractivity contribution is 0.236. The molecule has 1 atom stereocenters. The Bertz CT molecular complexity index is 461. The van der Waals surface area contributed by atoms with E-state index in [9.17, 15) is 0 Å². The molecular weight excluding hydrogens is 325 g/mol. The molecule has 3 rings (SSSR count). The van der Waals surface area contributed by atoms with E-state index in [0.29, 0.717) is 5.92 Å². The quantitative estimate of drug-likeness (QED) is 0.731. The molecule has 1 unspecified atom stereocenters. The fraction of sp³-hybridized carbons (Fsp3) is 0.429. The first-order valence-corrected chi connectivity index (χ1v) is 6.00. The third kappa shape index (κ3) is 2.65. The Labute approximate surface area is 119 Å². The minimum absolute atomic E-state index is 0. The molecule has 0 spiro atoms. The number of hydrogen-bond acceptors (Lipinski definition) is 2. The maximum Gasteiger partial charge on any atom is 0.134 e. The van der Waals surface area contributed by atoms with Crippen LogP contribution >= 0.6 is 24.0 Å².